The van der Waals surface area contributed by atoms with Gasteiger partial charge in [-0.2, -0.15) is 0 Å². The fraction of sp³-hybridized carbons (Fsp3) is 0.727. The number of terminal acetylenes is 1. The van der Waals surface area contributed by atoms with Gasteiger partial charge >= 0.3 is 5.97 Å². The third-order valence-corrected chi connectivity index (χ3v) is 7.97. The van der Waals surface area contributed by atoms with E-state index in [2.05, 4.69) is 12.8 Å². The molecule has 3 heteroatoms. The molecule has 0 heterocycles. The average Bonchev–Trinajstić information content (AvgIpc) is 2.87. The average molecular weight is 340 g/mol. The van der Waals surface area contributed by atoms with Crippen LogP contribution < -0.4 is 0 Å². The summed E-state index contributed by atoms with van der Waals surface area (Å²) in [5.74, 6) is 5.41. The van der Waals surface area contributed by atoms with Crippen molar-refractivity contribution in [3.63, 3.8) is 0 Å². The molecule has 0 saturated heterocycles. The summed E-state index contributed by atoms with van der Waals surface area (Å²) in [6.07, 6.45) is 15.8. The molecule has 0 spiro atoms. The summed E-state index contributed by atoms with van der Waals surface area (Å²) in [4.78, 5) is 23.5. The number of carbonyl (C=O) groups is 2. The molecule has 0 aliphatic heterocycles. The van der Waals surface area contributed by atoms with Gasteiger partial charge in [-0.3, -0.25) is 9.59 Å². The number of hydrogen-bond acceptors (Lipinski definition) is 3. The predicted octanol–water partition coefficient (Wildman–Crippen LogP) is 4.06. The van der Waals surface area contributed by atoms with Crippen LogP contribution in [0.3, 0.4) is 0 Å². The molecule has 4 rings (SSSR count). The third-order valence-electron chi connectivity index (χ3n) is 7.97. The Balaban J connectivity index is 1.64. The molecule has 4 aliphatic carbocycles. The molecule has 0 unspecified atom stereocenters. The first-order chi connectivity index (χ1) is 11.9. The zero-order valence-electron chi connectivity index (χ0n) is 15.3. The van der Waals surface area contributed by atoms with E-state index in [0.717, 1.165) is 44.9 Å². The number of hydrogen-bond donors (Lipinski definition) is 0. The highest BCUT2D eigenvalue weighted by atomic mass is 16.6. The number of rotatable bonds is 1. The van der Waals surface area contributed by atoms with Crippen molar-refractivity contribution in [1.29, 1.82) is 0 Å². The molecular formula is C22H28O3. The van der Waals surface area contributed by atoms with Crippen LogP contribution in [0.1, 0.15) is 65.2 Å². The highest BCUT2D eigenvalue weighted by Gasteiger charge is 2.64. The van der Waals surface area contributed by atoms with Crippen molar-refractivity contribution in [2.75, 3.05) is 0 Å². The second kappa shape index (κ2) is 5.73. The van der Waals surface area contributed by atoms with Crippen LogP contribution in [-0.4, -0.2) is 17.4 Å². The van der Waals surface area contributed by atoms with Gasteiger partial charge in [0.1, 0.15) is 0 Å². The van der Waals surface area contributed by atoms with Crippen LogP contribution in [0.15, 0.2) is 11.6 Å². The second-order valence-corrected chi connectivity index (χ2v) is 8.86. The molecule has 3 saturated carbocycles. The minimum atomic E-state index is -0.729. The summed E-state index contributed by atoms with van der Waals surface area (Å²) in [6, 6.07) is 0. The van der Waals surface area contributed by atoms with Gasteiger partial charge in [-0.1, -0.05) is 18.4 Å². The first-order valence-electron chi connectivity index (χ1n) is 9.81. The van der Waals surface area contributed by atoms with Gasteiger partial charge in [-0.25, -0.2) is 0 Å². The van der Waals surface area contributed by atoms with E-state index in [1.165, 1.54) is 12.5 Å². The molecular weight excluding hydrogens is 312 g/mol. The largest absolute Gasteiger partial charge is 0.445 e. The summed E-state index contributed by atoms with van der Waals surface area (Å²) < 4.78 is 5.79. The van der Waals surface area contributed by atoms with Crippen LogP contribution in [0.2, 0.25) is 0 Å². The lowest BCUT2D eigenvalue weighted by atomic mass is 9.50. The molecule has 0 N–H and O–H groups in total. The molecule has 0 amide bonds. The quantitative estimate of drug-likeness (QED) is 0.534. The van der Waals surface area contributed by atoms with Gasteiger partial charge in [-0.15, -0.1) is 6.42 Å². The molecule has 0 aromatic heterocycles. The van der Waals surface area contributed by atoms with Crippen molar-refractivity contribution < 1.29 is 14.3 Å². The lowest BCUT2D eigenvalue weighted by Crippen LogP contribution is -2.53. The Morgan fingerprint density at radius 1 is 1.20 bits per heavy atom. The smallest absolute Gasteiger partial charge is 0.304 e. The summed E-state index contributed by atoms with van der Waals surface area (Å²) >= 11 is 0. The number of esters is 1. The minimum absolute atomic E-state index is 0.111. The van der Waals surface area contributed by atoms with Crippen LogP contribution in [-0.2, 0) is 14.3 Å². The number of ketones is 1. The van der Waals surface area contributed by atoms with Gasteiger partial charge in [0, 0.05) is 18.8 Å². The molecule has 3 fully saturated rings. The summed E-state index contributed by atoms with van der Waals surface area (Å²) in [5.41, 5.74) is 0.565. The van der Waals surface area contributed by atoms with Gasteiger partial charge in [0.2, 0.25) is 0 Å². The lowest BCUT2D eigenvalue weighted by Gasteiger charge is -2.55. The zero-order chi connectivity index (χ0) is 17.8. The monoisotopic (exact) mass is 340 g/mol. The van der Waals surface area contributed by atoms with E-state index >= 15 is 0 Å². The molecule has 0 radical (unpaired) electrons. The third kappa shape index (κ3) is 2.33. The number of fused-ring (bicyclic) bond motifs is 5. The Morgan fingerprint density at radius 3 is 2.72 bits per heavy atom. The number of allylic oxidation sites excluding steroid dienone is 1. The van der Waals surface area contributed by atoms with Gasteiger partial charge in [0.25, 0.3) is 0 Å². The van der Waals surface area contributed by atoms with Crippen molar-refractivity contribution in [3.8, 4) is 12.3 Å². The minimum Gasteiger partial charge on any atom is -0.445 e. The Bertz CT molecular complexity index is 684. The lowest BCUT2D eigenvalue weighted by molar-refractivity contribution is -0.167. The van der Waals surface area contributed by atoms with Crippen molar-refractivity contribution in [2.24, 2.45) is 29.1 Å². The first kappa shape index (κ1) is 16.9. The molecule has 0 bridgehead atoms. The molecule has 25 heavy (non-hydrogen) atoms. The summed E-state index contributed by atoms with van der Waals surface area (Å²) in [5, 5.41) is 0. The maximum Gasteiger partial charge on any atom is 0.304 e. The Morgan fingerprint density at radius 2 is 2.00 bits per heavy atom. The van der Waals surface area contributed by atoms with Crippen LogP contribution in [0.5, 0.6) is 0 Å². The van der Waals surface area contributed by atoms with E-state index in [0.29, 0.717) is 35.9 Å². The van der Waals surface area contributed by atoms with E-state index in [-0.39, 0.29) is 11.4 Å². The number of ether oxygens (including phenoxy) is 1. The van der Waals surface area contributed by atoms with Gasteiger partial charge in [0.15, 0.2) is 11.4 Å². The standard InChI is InChI=1S/C22H28O3/c1-4-22(25-14(2)23)12-10-20-19-7-5-15-13-16(24)6-8-17(15)18(19)9-11-21(20,22)3/h1,13,17-20H,5-12H2,2-3H3/t17-,18+,19+,20-,21+,22+/m0/s1. The van der Waals surface area contributed by atoms with Gasteiger partial charge in [-0.05, 0) is 74.7 Å². The summed E-state index contributed by atoms with van der Waals surface area (Å²) in [7, 11) is 0. The topological polar surface area (TPSA) is 43.4 Å². The van der Waals surface area contributed by atoms with E-state index in [4.69, 9.17) is 11.2 Å². The van der Waals surface area contributed by atoms with E-state index in [1.807, 2.05) is 6.08 Å². The van der Waals surface area contributed by atoms with Crippen LogP contribution in [0.25, 0.3) is 0 Å². The zero-order valence-corrected chi connectivity index (χ0v) is 15.3. The van der Waals surface area contributed by atoms with Crippen LogP contribution in [0, 0.1) is 41.4 Å². The van der Waals surface area contributed by atoms with Gasteiger partial charge in [0.05, 0.1) is 0 Å². The van der Waals surface area contributed by atoms with Crippen molar-refractivity contribution in [2.45, 2.75) is 70.8 Å². The predicted molar refractivity (Wildman–Crippen MR) is 95.4 cm³/mol. The highest BCUT2D eigenvalue weighted by Crippen LogP contribution is 2.65. The fourth-order valence-corrected chi connectivity index (χ4v) is 6.86. The molecule has 4 aliphatic rings. The molecule has 0 aromatic carbocycles. The Hall–Kier alpha value is -1.56. The van der Waals surface area contributed by atoms with Crippen molar-refractivity contribution in [3.05, 3.63) is 11.6 Å². The Kier molecular flexibility index (Phi) is 3.87. The molecule has 6 atom stereocenters. The maximum absolute atomic E-state index is 11.8. The molecule has 134 valence electrons. The van der Waals surface area contributed by atoms with Crippen LogP contribution >= 0.6 is 0 Å². The van der Waals surface area contributed by atoms with E-state index in [9.17, 15) is 9.59 Å². The number of carbonyl (C=O) groups excluding carboxylic acids is 2. The Labute approximate surface area is 150 Å². The SMILES string of the molecule is C#C[C@@]1(OC(C)=O)CC[C@H]2[C@@H]3CCC4=CC(=O)CC[C@@H]4[C@H]3CC[C@]21C. The second-order valence-electron chi connectivity index (χ2n) is 8.86. The van der Waals surface area contributed by atoms with Crippen molar-refractivity contribution >= 4 is 11.8 Å². The van der Waals surface area contributed by atoms with Crippen LogP contribution in [0.4, 0.5) is 0 Å². The van der Waals surface area contributed by atoms with E-state index in [1.54, 1.807) is 0 Å². The molecule has 3 nitrogen and oxygen atoms in total. The maximum atomic E-state index is 11.8. The van der Waals surface area contributed by atoms with Gasteiger partial charge < -0.3 is 4.74 Å². The molecule has 0 aromatic rings. The first-order valence-corrected chi connectivity index (χ1v) is 9.81. The highest BCUT2D eigenvalue weighted by molar-refractivity contribution is 5.91. The summed E-state index contributed by atoms with van der Waals surface area (Å²) in [6.45, 7) is 3.73. The fourth-order valence-electron chi connectivity index (χ4n) is 6.86. The normalized spacial score (nSPS) is 45.5. The van der Waals surface area contributed by atoms with Crippen molar-refractivity contribution in [1.82, 2.24) is 0 Å². The van der Waals surface area contributed by atoms with E-state index < -0.39 is 5.60 Å².